The van der Waals surface area contributed by atoms with E-state index >= 15 is 0 Å². The van der Waals surface area contributed by atoms with Gasteiger partial charge in [-0.05, 0) is 12.5 Å². The van der Waals surface area contributed by atoms with Gasteiger partial charge in [0.05, 0.1) is 0 Å². The van der Waals surface area contributed by atoms with Crippen LogP contribution < -0.4 is 0 Å². The van der Waals surface area contributed by atoms with Crippen LogP contribution in [0.4, 0.5) is 0 Å². The van der Waals surface area contributed by atoms with Crippen molar-refractivity contribution in [2.75, 3.05) is 7.11 Å². The van der Waals surface area contributed by atoms with Gasteiger partial charge in [-0.1, -0.05) is 0 Å². The molecule has 0 spiro atoms. The molecular formula is C9H12N2O3. The van der Waals surface area contributed by atoms with E-state index < -0.39 is 12.1 Å². The fourth-order valence-electron chi connectivity index (χ4n) is 1.09. The lowest BCUT2D eigenvalue weighted by Crippen LogP contribution is -2.25. The Hall–Kier alpha value is -1.49. The summed E-state index contributed by atoms with van der Waals surface area (Å²) in [5.41, 5.74) is 1.57. The Balaban J connectivity index is 2.77. The van der Waals surface area contributed by atoms with Crippen LogP contribution >= 0.6 is 0 Å². The Morgan fingerprint density at radius 1 is 1.71 bits per heavy atom. The molecule has 5 nitrogen and oxygen atoms in total. The fourth-order valence-corrected chi connectivity index (χ4v) is 1.09. The number of ether oxygens (including phenoxy) is 1. The zero-order chi connectivity index (χ0) is 10.6. The van der Waals surface area contributed by atoms with Crippen molar-refractivity contribution in [3.63, 3.8) is 0 Å². The average molecular weight is 196 g/mol. The van der Waals surface area contributed by atoms with E-state index in [-0.39, 0.29) is 0 Å². The smallest absolute Gasteiger partial charge is 0.333 e. The van der Waals surface area contributed by atoms with E-state index in [2.05, 4.69) is 9.97 Å². The molecule has 14 heavy (non-hydrogen) atoms. The lowest BCUT2D eigenvalue weighted by Gasteiger charge is -2.10. The number of methoxy groups -OCH3 is 1. The zero-order valence-electron chi connectivity index (χ0n) is 8.10. The molecule has 1 unspecified atom stereocenters. The summed E-state index contributed by atoms with van der Waals surface area (Å²) < 4.78 is 4.82. The van der Waals surface area contributed by atoms with Crippen LogP contribution in [0.25, 0.3) is 0 Å². The van der Waals surface area contributed by atoms with E-state index in [1.165, 1.54) is 13.4 Å². The molecule has 0 aliphatic rings. The highest BCUT2D eigenvalue weighted by Gasteiger charge is 2.17. The SMILES string of the molecule is COC(Cc1cncnc1C)C(=O)O. The predicted octanol–water partition coefficient (Wildman–Crippen LogP) is 0.427. The fraction of sp³-hybridized carbons (Fsp3) is 0.444. The third-order valence-electron chi connectivity index (χ3n) is 1.98. The maximum Gasteiger partial charge on any atom is 0.333 e. The number of carbonyl (C=O) groups is 1. The van der Waals surface area contributed by atoms with E-state index in [1.807, 2.05) is 6.92 Å². The van der Waals surface area contributed by atoms with E-state index in [4.69, 9.17) is 9.84 Å². The molecule has 0 aliphatic carbocycles. The zero-order valence-corrected chi connectivity index (χ0v) is 8.10. The van der Waals surface area contributed by atoms with E-state index in [0.29, 0.717) is 6.42 Å². The number of aromatic nitrogens is 2. The number of carboxylic acids is 1. The minimum atomic E-state index is -0.976. The molecule has 0 amide bonds. The molecule has 1 rings (SSSR count). The van der Waals surface area contributed by atoms with Crippen molar-refractivity contribution >= 4 is 5.97 Å². The highest BCUT2D eigenvalue weighted by Crippen LogP contribution is 2.07. The summed E-state index contributed by atoms with van der Waals surface area (Å²) in [6, 6.07) is 0. The Bertz CT molecular complexity index is 328. The maximum atomic E-state index is 10.7. The number of rotatable bonds is 4. The van der Waals surface area contributed by atoms with Gasteiger partial charge < -0.3 is 9.84 Å². The Kier molecular flexibility index (Phi) is 3.53. The van der Waals surface area contributed by atoms with Gasteiger partial charge in [-0.2, -0.15) is 0 Å². The van der Waals surface area contributed by atoms with Crippen molar-refractivity contribution in [3.8, 4) is 0 Å². The summed E-state index contributed by atoms with van der Waals surface area (Å²) in [5, 5.41) is 8.76. The second-order valence-electron chi connectivity index (χ2n) is 2.90. The molecule has 0 aromatic carbocycles. The highest BCUT2D eigenvalue weighted by atomic mass is 16.5. The van der Waals surface area contributed by atoms with Crippen LogP contribution in [0.3, 0.4) is 0 Å². The lowest BCUT2D eigenvalue weighted by atomic mass is 10.1. The number of aliphatic carboxylic acids is 1. The Morgan fingerprint density at radius 3 is 2.93 bits per heavy atom. The molecule has 1 aromatic rings. The minimum absolute atomic E-state index is 0.290. The van der Waals surface area contributed by atoms with Gasteiger partial charge >= 0.3 is 5.97 Å². The standard InChI is InChI=1S/C9H12N2O3/c1-6-7(4-10-5-11-6)3-8(14-2)9(12)13/h4-5,8H,3H2,1-2H3,(H,12,13). The number of nitrogens with zero attached hydrogens (tertiary/aromatic N) is 2. The number of hydrogen-bond acceptors (Lipinski definition) is 4. The maximum absolute atomic E-state index is 10.7. The van der Waals surface area contributed by atoms with E-state index in [0.717, 1.165) is 11.3 Å². The predicted molar refractivity (Wildman–Crippen MR) is 48.9 cm³/mol. The summed E-state index contributed by atoms with van der Waals surface area (Å²) in [5.74, 6) is -0.976. The first-order valence-electron chi connectivity index (χ1n) is 4.16. The van der Waals surface area contributed by atoms with Crippen molar-refractivity contribution in [2.24, 2.45) is 0 Å². The summed E-state index contributed by atoms with van der Waals surface area (Å²) in [6.45, 7) is 1.81. The highest BCUT2D eigenvalue weighted by molar-refractivity contribution is 5.72. The lowest BCUT2D eigenvalue weighted by molar-refractivity contribution is -0.148. The molecule has 0 aliphatic heterocycles. The summed E-state index contributed by atoms with van der Waals surface area (Å²) in [7, 11) is 1.37. The number of aryl methyl sites for hydroxylation is 1. The Labute approximate surface area is 81.8 Å². The van der Waals surface area contributed by atoms with Gasteiger partial charge in [0.2, 0.25) is 0 Å². The van der Waals surface area contributed by atoms with Crippen LogP contribution in [0.15, 0.2) is 12.5 Å². The normalized spacial score (nSPS) is 12.4. The van der Waals surface area contributed by atoms with Gasteiger partial charge in [-0.3, -0.25) is 0 Å². The van der Waals surface area contributed by atoms with Crippen molar-refractivity contribution in [1.29, 1.82) is 0 Å². The molecule has 0 fully saturated rings. The molecule has 76 valence electrons. The molecule has 1 atom stereocenters. The third kappa shape index (κ3) is 2.50. The van der Waals surface area contributed by atoms with E-state index in [1.54, 1.807) is 6.20 Å². The van der Waals surface area contributed by atoms with Crippen LogP contribution in [-0.4, -0.2) is 34.3 Å². The minimum Gasteiger partial charge on any atom is -0.479 e. The monoisotopic (exact) mass is 196 g/mol. The molecule has 0 bridgehead atoms. The molecule has 1 aromatic heterocycles. The van der Waals surface area contributed by atoms with Gasteiger partial charge in [0.1, 0.15) is 6.33 Å². The number of hydrogen-bond donors (Lipinski definition) is 1. The van der Waals surface area contributed by atoms with Crippen LogP contribution in [0.5, 0.6) is 0 Å². The van der Waals surface area contributed by atoms with Gasteiger partial charge in [0.15, 0.2) is 6.10 Å². The van der Waals surface area contributed by atoms with Crippen LogP contribution in [-0.2, 0) is 16.0 Å². The topological polar surface area (TPSA) is 72.3 Å². The van der Waals surface area contributed by atoms with Crippen molar-refractivity contribution in [1.82, 2.24) is 9.97 Å². The summed E-state index contributed by atoms with van der Waals surface area (Å²) >= 11 is 0. The first-order valence-corrected chi connectivity index (χ1v) is 4.16. The first-order chi connectivity index (χ1) is 6.65. The molecule has 0 saturated heterocycles. The summed E-state index contributed by atoms with van der Waals surface area (Å²) in [4.78, 5) is 18.5. The van der Waals surface area contributed by atoms with Gasteiger partial charge in [-0.25, -0.2) is 14.8 Å². The third-order valence-corrected chi connectivity index (χ3v) is 1.98. The van der Waals surface area contributed by atoms with Gasteiger partial charge in [0.25, 0.3) is 0 Å². The quantitative estimate of drug-likeness (QED) is 0.755. The van der Waals surface area contributed by atoms with Gasteiger partial charge in [-0.15, -0.1) is 0 Å². The van der Waals surface area contributed by atoms with E-state index in [9.17, 15) is 4.79 Å². The number of carboxylic acid groups (broad SMARTS) is 1. The molecule has 1 heterocycles. The molecular weight excluding hydrogens is 184 g/mol. The second kappa shape index (κ2) is 4.66. The Morgan fingerprint density at radius 2 is 2.43 bits per heavy atom. The van der Waals surface area contributed by atoms with Crippen molar-refractivity contribution in [3.05, 3.63) is 23.8 Å². The first kappa shape index (κ1) is 10.6. The van der Waals surface area contributed by atoms with Crippen LogP contribution in [0, 0.1) is 6.92 Å². The molecule has 0 radical (unpaired) electrons. The second-order valence-corrected chi connectivity index (χ2v) is 2.90. The van der Waals surface area contributed by atoms with Crippen LogP contribution in [0.2, 0.25) is 0 Å². The van der Waals surface area contributed by atoms with Crippen LogP contribution in [0.1, 0.15) is 11.3 Å². The molecule has 1 N–H and O–H groups in total. The van der Waals surface area contributed by atoms with Gasteiger partial charge in [0, 0.05) is 25.4 Å². The van der Waals surface area contributed by atoms with Crippen molar-refractivity contribution in [2.45, 2.75) is 19.4 Å². The summed E-state index contributed by atoms with van der Waals surface area (Å²) in [6.07, 6.45) is 2.50. The van der Waals surface area contributed by atoms with Crippen molar-refractivity contribution < 1.29 is 14.6 Å². The largest absolute Gasteiger partial charge is 0.479 e. The average Bonchev–Trinajstić information content (AvgIpc) is 2.16. The molecule has 0 saturated carbocycles. The molecule has 5 heteroatoms.